The lowest BCUT2D eigenvalue weighted by Gasteiger charge is -2.36. The Kier molecular flexibility index (Phi) is 5.08. The molecule has 4 heterocycles. The number of aromatic nitrogens is 4. The third kappa shape index (κ3) is 3.70. The van der Waals surface area contributed by atoms with E-state index in [1.807, 2.05) is 41.8 Å². The normalized spacial score (nSPS) is 23.9. The van der Waals surface area contributed by atoms with E-state index in [0.29, 0.717) is 29.9 Å². The zero-order valence-corrected chi connectivity index (χ0v) is 18.0. The van der Waals surface area contributed by atoms with Crippen molar-refractivity contribution in [2.24, 2.45) is 0 Å². The van der Waals surface area contributed by atoms with Crippen molar-refractivity contribution in [2.75, 3.05) is 11.9 Å². The highest BCUT2D eigenvalue weighted by atomic mass is 19.3. The number of anilines is 1. The number of benzene rings is 1. The number of alkyl halides is 2. The van der Waals surface area contributed by atoms with Crippen LogP contribution in [0.3, 0.4) is 0 Å². The fraction of sp³-hybridized carbons (Fsp3) is 0.435. The highest BCUT2D eigenvalue weighted by Gasteiger charge is 2.53. The van der Waals surface area contributed by atoms with Crippen LogP contribution in [0.1, 0.15) is 31.9 Å². The molecule has 2 fully saturated rings. The highest BCUT2D eigenvalue weighted by molar-refractivity contribution is 5.69. The summed E-state index contributed by atoms with van der Waals surface area (Å²) in [5, 5.41) is 22.2. The van der Waals surface area contributed by atoms with Crippen molar-refractivity contribution in [1.29, 1.82) is 0 Å². The van der Waals surface area contributed by atoms with Gasteiger partial charge in [-0.1, -0.05) is 6.92 Å². The second-order valence-electron chi connectivity index (χ2n) is 8.72. The molecule has 3 atom stereocenters. The molecule has 7 nitrogen and oxygen atoms in total. The molecule has 2 aliphatic rings. The van der Waals surface area contributed by atoms with E-state index in [2.05, 4.69) is 20.5 Å². The second kappa shape index (κ2) is 7.81. The molecular formula is C23H26F2N6O. The summed E-state index contributed by atoms with van der Waals surface area (Å²) in [5.41, 5.74) is 2.90. The molecule has 2 bridgehead atoms. The van der Waals surface area contributed by atoms with Gasteiger partial charge in [-0.3, -0.25) is 0 Å². The van der Waals surface area contributed by atoms with E-state index in [1.165, 1.54) is 0 Å². The lowest BCUT2D eigenvalue weighted by Crippen LogP contribution is -2.49. The maximum atomic E-state index is 14.0. The van der Waals surface area contributed by atoms with Gasteiger partial charge in [-0.15, -0.1) is 10.2 Å². The van der Waals surface area contributed by atoms with Gasteiger partial charge in [0.2, 0.25) is 0 Å². The molecule has 5 rings (SSSR count). The van der Waals surface area contributed by atoms with Crippen LogP contribution < -0.4 is 10.2 Å². The van der Waals surface area contributed by atoms with Crippen LogP contribution in [0.15, 0.2) is 42.9 Å². The van der Waals surface area contributed by atoms with Gasteiger partial charge in [-0.25, -0.2) is 13.8 Å². The molecular weight excluding hydrogens is 414 g/mol. The zero-order chi connectivity index (χ0) is 22.5. The summed E-state index contributed by atoms with van der Waals surface area (Å²) in [6, 6.07) is 8.02. The van der Waals surface area contributed by atoms with Crippen LogP contribution in [-0.4, -0.2) is 56.0 Å². The summed E-state index contributed by atoms with van der Waals surface area (Å²) in [6.45, 7) is 2.04. The summed E-state index contributed by atoms with van der Waals surface area (Å²) < 4.78 is 29.9. The van der Waals surface area contributed by atoms with Gasteiger partial charge in [0.15, 0.2) is 5.82 Å². The third-order valence-corrected chi connectivity index (χ3v) is 6.64. The Bertz CT molecular complexity index is 1120. The maximum Gasteiger partial charge on any atom is 0.264 e. The molecule has 0 saturated carbocycles. The minimum absolute atomic E-state index is 0.0179. The lowest BCUT2D eigenvalue weighted by atomic mass is 9.98. The van der Waals surface area contributed by atoms with Crippen LogP contribution >= 0.6 is 0 Å². The minimum Gasteiger partial charge on any atom is -0.507 e. The van der Waals surface area contributed by atoms with Gasteiger partial charge < -0.3 is 19.9 Å². The number of nitrogens with zero attached hydrogens (tertiary/aromatic N) is 5. The number of hydrogen-bond acceptors (Lipinski definition) is 6. The van der Waals surface area contributed by atoms with Gasteiger partial charge in [0.05, 0.1) is 29.4 Å². The fourth-order valence-corrected chi connectivity index (χ4v) is 4.77. The van der Waals surface area contributed by atoms with Crippen LogP contribution in [0.2, 0.25) is 0 Å². The zero-order valence-electron chi connectivity index (χ0n) is 18.0. The summed E-state index contributed by atoms with van der Waals surface area (Å²) >= 11 is 0. The molecule has 2 aliphatic heterocycles. The number of rotatable bonds is 5. The van der Waals surface area contributed by atoms with E-state index in [4.69, 9.17) is 0 Å². The molecule has 0 unspecified atom stereocenters. The third-order valence-electron chi connectivity index (χ3n) is 6.64. The van der Waals surface area contributed by atoms with Crippen molar-refractivity contribution in [1.82, 2.24) is 25.1 Å². The smallest absolute Gasteiger partial charge is 0.264 e. The number of phenolic OH excluding ortho intramolecular Hbond substituents is 1. The van der Waals surface area contributed by atoms with Crippen molar-refractivity contribution < 1.29 is 13.9 Å². The standard InChI is InChI=1S/C23H26F2N6O/c1-3-14-12-31(13-26-14)16-4-5-18(20(32)9-16)19-6-7-22(29-28-19)30(2)17-8-15-11-23(24,25)21(10-17)27-15/h4-7,9,12-13,15,17,21,27,32H,3,8,10-11H2,1-2H3/t15-,17-,21+/m1/s1. The van der Waals surface area contributed by atoms with Crippen LogP contribution in [0.5, 0.6) is 5.75 Å². The van der Waals surface area contributed by atoms with Crippen LogP contribution in [-0.2, 0) is 6.42 Å². The topological polar surface area (TPSA) is 79.1 Å². The molecule has 0 spiro atoms. The number of fused-ring (bicyclic) bond motifs is 2. The number of hydrogen-bond donors (Lipinski definition) is 2. The monoisotopic (exact) mass is 440 g/mol. The Morgan fingerprint density at radius 1 is 1.22 bits per heavy atom. The lowest BCUT2D eigenvalue weighted by molar-refractivity contribution is -0.0128. The molecule has 2 saturated heterocycles. The second-order valence-corrected chi connectivity index (χ2v) is 8.72. The molecule has 2 N–H and O–H groups in total. The molecule has 3 aromatic rings. The van der Waals surface area contributed by atoms with Crippen molar-refractivity contribution in [3.63, 3.8) is 0 Å². The van der Waals surface area contributed by atoms with Crippen molar-refractivity contribution in [3.05, 3.63) is 48.5 Å². The quantitative estimate of drug-likeness (QED) is 0.632. The molecule has 1 aromatic carbocycles. The van der Waals surface area contributed by atoms with Crippen molar-refractivity contribution >= 4 is 5.82 Å². The molecule has 168 valence electrons. The Labute approximate surface area is 185 Å². The fourth-order valence-electron chi connectivity index (χ4n) is 4.77. The van der Waals surface area contributed by atoms with E-state index >= 15 is 0 Å². The maximum absolute atomic E-state index is 14.0. The van der Waals surface area contributed by atoms with Crippen LogP contribution in [0, 0.1) is 0 Å². The molecule has 32 heavy (non-hydrogen) atoms. The van der Waals surface area contributed by atoms with Gasteiger partial charge in [0.25, 0.3) is 5.92 Å². The Morgan fingerprint density at radius 3 is 2.72 bits per heavy atom. The van der Waals surface area contributed by atoms with E-state index < -0.39 is 12.0 Å². The number of nitrogens with one attached hydrogen (secondary N) is 1. The van der Waals surface area contributed by atoms with Gasteiger partial charge in [0, 0.05) is 43.4 Å². The largest absolute Gasteiger partial charge is 0.507 e. The number of halogens is 2. The average Bonchev–Trinajstić information content (AvgIpc) is 3.35. The van der Waals surface area contributed by atoms with E-state index in [9.17, 15) is 13.9 Å². The van der Waals surface area contributed by atoms with Crippen molar-refractivity contribution in [3.8, 4) is 22.7 Å². The minimum atomic E-state index is -2.64. The predicted octanol–water partition coefficient (Wildman–Crippen LogP) is 3.56. The van der Waals surface area contributed by atoms with E-state index in [0.717, 1.165) is 17.8 Å². The SMILES string of the molecule is CCc1cn(-c2ccc(-c3ccc(N(C)[C@@H]4C[C@@H]5CC(F)(F)[C@H](C4)N5)nn3)c(O)c2)cn1. The number of aryl methyl sites for hydroxylation is 1. The van der Waals surface area contributed by atoms with Crippen LogP contribution in [0.4, 0.5) is 14.6 Å². The van der Waals surface area contributed by atoms with Gasteiger partial charge in [-0.05, 0) is 43.5 Å². The summed E-state index contributed by atoms with van der Waals surface area (Å²) in [6.07, 6.45) is 5.43. The number of phenols is 1. The first-order chi connectivity index (χ1) is 15.3. The Hall–Kier alpha value is -3.07. The first kappa shape index (κ1) is 20.8. The van der Waals surface area contributed by atoms with E-state index in [1.54, 1.807) is 24.5 Å². The molecule has 0 radical (unpaired) electrons. The van der Waals surface area contributed by atoms with E-state index in [-0.39, 0.29) is 24.3 Å². The molecule has 0 aliphatic carbocycles. The average molecular weight is 440 g/mol. The van der Waals surface area contributed by atoms with Gasteiger partial charge in [0.1, 0.15) is 5.75 Å². The summed E-state index contributed by atoms with van der Waals surface area (Å²) in [7, 11) is 1.87. The number of aromatic hydroxyl groups is 1. The van der Waals surface area contributed by atoms with Gasteiger partial charge >= 0.3 is 0 Å². The molecule has 2 aromatic heterocycles. The first-order valence-corrected chi connectivity index (χ1v) is 10.9. The molecule has 9 heteroatoms. The number of piperidine rings is 1. The first-order valence-electron chi connectivity index (χ1n) is 10.9. The summed E-state index contributed by atoms with van der Waals surface area (Å²) in [4.78, 5) is 6.25. The summed E-state index contributed by atoms with van der Waals surface area (Å²) in [5.74, 6) is -1.92. The van der Waals surface area contributed by atoms with Crippen molar-refractivity contribution in [2.45, 2.75) is 56.7 Å². The van der Waals surface area contributed by atoms with Crippen LogP contribution in [0.25, 0.3) is 16.9 Å². The highest BCUT2D eigenvalue weighted by Crippen LogP contribution is 2.40. The number of imidazole rings is 1. The Morgan fingerprint density at radius 2 is 2.06 bits per heavy atom. The predicted molar refractivity (Wildman–Crippen MR) is 117 cm³/mol. The molecule has 0 amide bonds. The Balaban J connectivity index is 1.32. The van der Waals surface area contributed by atoms with Gasteiger partial charge in [-0.2, -0.15) is 0 Å².